The van der Waals surface area contributed by atoms with E-state index in [2.05, 4.69) is 0 Å². The van der Waals surface area contributed by atoms with Crippen LogP contribution in [0.3, 0.4) is 0 Å². The largest absolute Gasteiger partial charge is 0.481 e. The van der Waals surface area contributed by atoms with E-state index in [0.29, 0.717) is 0 Å². The molecule has 0 radical (unpaired) electrons. The van der Waals surface area contributed by atoms with Gasteiger partial charge in [-0.1, -0.05) is 0 Å². The lowest BCUT2D eigenvalue weighted by molar-refractivity contribution is -0.237. The summed E-state index contributed by atoms with van der Waals surface area (Å²) in [7, 11) is 0. The summed E-state index contributed by atoms with van der Waals surface area (Å²) in [5.41, 5.74) is 0. The molecule has 0 aliphatic carbocycles. The van der Waals surface area contributed by atoms with Crippen molar-refractivity contribution in [1.82, 2.24) is 9.80 Å². The summed E-state index contributed by atoms with van der Waals surface area (Å²) in [6.07, 6.45) is -0.831. The number of nitrogens with zero attached hydrogens (tertiary/aromatic N) is 2. The van der Waals surface area contributed by atoms with E-state index >= 15 is 0 Å². The van der Waals surface area contributed by atoms with Crippen LogP contribution < -0.4 is 0 Å². The molecule has 0 spiro atoms. The van der Waals surface area contributed by atoms with Crippen LogP contribution in [0.4, 0.5) is 0 Å². The van der Waals surface area contributed by atoms with Crippen LogP contribution in [0.1, 0.15) is 26.7 Å². The molecular formula is C14H20N2O8S. The van der Waals surface area contributed by atoms with Crippen LogP contribution in [0.5, 0.6) is 0 Å². The van der Waals surface area contributed by atoms with Crippen molar-refractivity contribution in [2.45, 2.75) is 32.5 Å². The van der Waals surface area contributed by atoms with Crippen LogP contribution in [0.15, 0.2) is 0 Å². The SMILES string of the molecule is CCOC1(OCC)C(=O)N(CCC(=O)O)C(=S)N(CCC(=O)O)C1=O. The number of aliphatic carboxylic acids is 2. The Balaban J connectivity index is 3.27. The number of hydrogen-bond donors (Lipinski definition) is 2. The molecule has 0 aromatic carbocycles. The third kappa shape index (κ3) is 4.50. The second-order valence-electron chi connectivity index (χ2n) is 4.97. The zero-order valence-electron chi connectivity index (χ0n) is 13.9. The molecule has 11 heteroatoms. The van der Waals surface area contributed by atoms with E-state index in [0.717, 1.165) is 9.80 Å². The molecule has 2 amide bonds. The Morgan fingerprint density at radius 2 is 1.32 bits per heavy atom. The van der Waals surface area contributed by atoms with E-state index in [4.69, 9.17) is 31.9 Å². The molecule has 0 saturated carbocycles. The van der Waals surface area contributed by atoms with Crippen LogP contribution in [0.2, 0.25) is 0 Å². The van der Waals surface area contributed by atoms with Crippen molar-refractivity contribution >= 4 is 41.1 Å². The highest BCUT2D eigenvalue weighted by Crippen LogP contribution is 2.27. The number of carboxylic acids is 2. The minimum atomic E-state index is -2.30. The fourth-order valence-corrected chi connectivity index (χ4v) is 2.62. The second-order valence-corrected chi connectivity index (χ2v) is 5.33. The zero-order chi connectivity index (χ0) is 19.2. The van der Waals surface area contributed by atoms with Gasteiger partial charge in [0.05, 0.1) is 12.8 Å². The highest BCUT2D eigenvalue weighted by Gasteiger charge is 2.58. The second kappa shape index (κ2) is 8.83. The van der Waals surface area contributed by atoms with Gasteiger partial charge >= 0.3 is 17.7 Å². The predicted molar refractivity (Wildman–Crippen MR) is 86.5 cm³/mol. The molecule has 0 unspecified atom stereocenters. The lowest BCUT2D eigenvalue weighted by Crippen LogP contribution is -2.71. The monoisotopic (exact) mass is 376 g/mol. The Morgan fingerprint density at radius 3 is 1.60 bits per heavy atom. The van der Waals surface area contributed by atoms with Gasteiger partial charge in [0.2, 0.25) is 0 Å². The molecular weight excluding hydrogens is 356 g/mol. The summed E-state index contributed by atoms with van der Waals surface area (Å²) >= 11 is 5.09. The van der Waals surface area contributed by atoms with Crippen molar-refractivity contribution in [1.29, 1.82) is 0 Å². The van der Waals surface area contributed by atoms with E-state index in [-0.39, 0.29) is 31.4 Å². The normalized spacial score (nSPS) is 17.1. The zero-order valence-corrected chi connectivity index (χ0v) is 14.7. The van der Waals surface area contributed by atoms with Crippen molar-refractivity contribution in [2.24, 2.45) is 0 Å². The topological polar surface area (TPSA) is 134 Å². The van der Waals surface area contributed by atoms with E-state index in [1.807, 2.05) is 0 Å². The summed E-state index contributed by atoms with van der Waals surface area (Å²) in [5.74, 6) is -6.47. The van der Waals surface area contributed by atoms with Crippen LogP contribution in [0.25, 0.3) is 0 Å². The van der Waals surface area contributed by atoms with Gasteiger partial charge in [-0.25, -0.2) is 0 Å². The number of carboxylic acid groups (broad SMARTS) is 2. The number of rotatable bonds is 10. The molecule has 10 nitrogen and oxygen atoms in total. The number of ether oxygens (including phenoxy) is 2. The van der Waals surface area contributed by atoms with Crippen molar-refractivity contribution in [3.63, 3.8) is 0 Å². The van der Waals surface area contributed by atoms with E-state index in [1.165, 1.54) is 0 Å². The average Bonchev–Trinajstić information content (AvgIpc) is 2.52. The van der Waals surface area contributed by atoms with E-state index in [1.54, 1.807) is 13.8 Å². The van der Waals surface area contributed by atoms with Gasteiger partial charge in [-0.3, -0.25) is 29.0 Å². The molecule has 0 bridgehead atoms. The highest BCUT2D eigenvalue weighted by atomic mass is 32.1. The first-order valence-corrected chi connectivity index (χ1v) is 8.01. The maximum Gasteiger partial charge on any atom is 0.332 e. The van der Waals surface area contributed by atoms with Crippen molar-refractivity contribution in [2.75, 3.05) is 26.3 Å². The summed E-state index contributed by atoms with van der Waals surface area (Å²) in [5, 5.41) is 17.4. The third-order valence-corrected chi connectivity index (χ3v) is 3.75. The quantitative estimate of drug-likeness (QED) is 0.298. The lowest BCUT2D eigenvalue weighted by atomic mass is 10.1. The minimum Gasteiger partial charge on any atom is -0.481 e. The standard InChI is InChI=1S/C14H20N2O8S/c1-3-23-14(24-4-2)11(21)15(7-5-9(17)18)13(25)16(12(14)22)8-6-10(19)20/h3-8H2,1-2H3,(H,17,18)(H,19,20). The van der Waals surface area contributed by atoms with Crippen LogP contribution in [-0.4, -0.2) is 81.0 Å². The van der Waals surface area contributed by atoms with Crippen LogP contribution >= 0.6 is 12.2 Å². The van der Waals surface area contributed by atoms with Gasteiger partial charge in [0.1, 0.15) is 0 Å². The first-order valence-electron chi connectivity index (χ1n) is 7.60. The smallest absolute Gasteiger partial charge is 0.332 e. The van der Waals surface area contributed by atoms with Gasteiger partial charge in [0, 0.05) is 26.3 Å². The molecule has 1 rings (SSSR count). The molecule has 1 aliphatic heterocycles. The van der Waals surface area contributed by atoms with Crippen molar-refractivity contribution in [3.05, 3.63) is 0 Å². The highest BCUT2D eigenvalue weighted by molar-refractivity contribution is 7.80. The van der Waals surface area contributed by atoms with Crippen LogP contribution in [0, 0.1) is 0 Å². The van der Waals surface area contributed by atoms with Gasteiger partial charge < -0.3 is 19.7 Å². The number of hydrogen-bond acceptors (Lipinski definition) is 7. The summed E-state index contributed by atoms with van der Waals surface area (Å²) < 4.78 is 10.6. The molecule has 1 aliphatic rings. The summed E-state index contributed by atoms with van der Waals surface area (Å²) in [4.78, 5) is 49.0. The Hall–Kier alpha value is -2.11. The predicted octanol–water partition coefficient (Wildman–Crippen LogP) is -0.339. The Morgan fingerprint density at radius 1 is 0.960 bits per heavy atom. The first-order chi connectivity index (χ1) is 11.7. The minimum absolute atomic E-state index is 0.0379. The molecule has 0 atom stereocenters. The number of carbonyl (C=O) groups is 4. The molecule has 1 saturated heterocycles. The third-order valence-electron chi connectivity index (χ3n) is 3.31. The lowest BCUT2D eigenvalue weighted by Gasteiger charge is -2.44. The Kier molecular flexibility index (Phi) is 7.39. The van der Waals surface area contributed by atoms with Crippen LogP contribution in [-0.2, 0) is 28.7 Å². The Labute approximate surface area is 149 Å². The van der Waals surface area contributed by atoms with Gasteiger partial charge in [0.15, 0.2) is 5.11 Å². The van der Waals surface area contributed by atoms with E-state index in [9.17, 15) is 19.2 Å². The summed E-state index contributed by atoms with van der Waals surface area (Å²) in [6.45, 7) is 2.43. The molecule has 0 aromatic heterocycles. The molecule has 1 fully saturated rings. The fourth-order valence-electron chi connectivity index (χ4n) is 2.27. The fraction of sp³-hybridized carbons (Fsp3) is 0.643. The van der Waals surface area contributed by atoms with E-state index < -0.39 is 42.4 Å². The Bertz CT molecular complexity index is 531. The number of carbonyl (C=O) groups excluding carboxylic acids is 2. The van der Waals surface area contributed by atoms with Gasteiger partial charge in [-0.15, -0.1) is 0 Å². The summed E-state index contributed by atoms with van der Waals surface area (Å²) in [6, 6.07) is 0. The maximum atomic E-state index is 12.8. The van der Waals surface area contributed by atoms with Crippen molar-refractivity contribution < 1.29 is 38.9 Å². The molecule has 2 N–H and O–H groups in total. The maximum absolute atomic E-state index is 12.8. The van der Waals surface area contributed by atoms with Crippen molar-refractivity contribution in [3.8, 4) is 0 Å². The molecule has 0 aromatic rings. The average molecular weight is 376 g/mol. The van der Waals surface area contributed by atoms with Gasteiger partial charge in [-0.05, 0) is 26.1 Å². The molecule has 140 valence electrons. The number of thiocarbonyl (C=S) groups is 1. The number of amides is 2. The molecule has 25 heavy (non-hydrogen) atoms. The van der Waals surface area contributed by atoms with Gasteiger partial charge in [-0.2, -0.15) is 0 Å². The first kappa shape index (κ1) is 20.9. The van der Waals surface area contributed by atoms with Gasteiger partial charge in [0.25, 0.3) is 11.8 Å². The molecule has 1 heterocycles.